The Morgan fingerprint density at radius 3 is 2.82 bits per heavy atom. The molecule has 5 heteroatoms. The predicted molar refractivity (Wildman–Crippen MR) is 67.6 cm³/mol. The van der Waals surface area contributed by atoms with E-state index >= 15 is 0 Å². The smallest absolute Gasteiger partial charge is 0.148 e. The molecule has 0 spiro atoms. The Morgan fingerprint density at radius 2 is 2.06 bits per heavy atom. The summed E-state index contributed by atoms with van der Waals surface area (Å²) in [6.07, 6.45) is 2.94. The van der Waals surface area contributed by atoms with Gasteiger partial charge in [-0.25, -0.2) is 8.42 Å². The second-order valence-corrected chi connectivity index (χ2v) is 6.32. The van der Waals surface area contributed by atoms with Crippen molar-refractivity contribution in [2.75, 3.05) is 18.6 Å². The van der Waals surface area contributed by atoms with E-state index in [4.69, 9.17) is 4.42 Å². The minimum absolute atomic E-state index is 0.156. The maximum Gasteiger partial charge on any atom is 0.148 e. The number of hydrogen-bond donors (Lipinski definition) is 1. The van der Waals surface area contributed by atoms with Crippen molar-refractivity contribution in [1.29, 1.82) is 0 Å². The molecular formula is C12H15NO3S. The highest BCUT2D eigenvalue weighted by Crippen LogP contribution is 2.20. The van der Waals surface area contributed by atoms with Crippen LogP contribution in [0, 0.1) is 0 Å². The van der Waals surface area contributed by atoms with E-state index in [0.29, 0.717) is 13.1 Å². The molecule has 2 rings (SSSR count). The topological polar surface area (TPSA) is 59.3 Å². The summed E-state index contributed by atoms with van der Waals surface area (Å²) in [7, 11) is -2.89. The van der Waals surface area contributed by atoms with Crippen LogP contribution in [-0.4, -0.2) is 27.0 Å². The van der Waals surface area contributed by atoms with Crippen LogP contribution >= 0.6 is 0 Å². The fraction of sp³-hybridized carbons (Fsp3) is 0.333. The summed E-state index contributed by atoms with van der Waals surface area (Å²) in [4.78, 5) is 0. The van der Waals surface area contributed by atoms with E-state index in [1.807, 2.05) is 24.3 Å². The van der Waals surface area contributed by atoms with Gasteiger partial charge in [0.15, 0.2) is 0 Å². The zero-order valence-electron chi connectivity index (χ0n) is 9.64. The minimum atomic E-state index is -2.89. The minimum Gasteiger partial charge on any atom is -0.464 e. The molecule has 0 saturated heterocycles. The molecule has 92 valence electrons. The van der Waals surface area contributed by atoms with Gasteiger partial charge < -0.3 is 9.73 Å². The number of sulfone groups is 1. The lowest BCUT2D eigenvalue weighted by molar-refractivity contribution is 0.593. The number of benzene rings is 1. The second kappa shape index (κ2) is 4.89. The van der Waals surface area contributed by atoms with Crippen LogP contribution in [0.25, 0.3) is 11.0 Å². The second-order valence-electron chi connectivity index (χ2n) is 4.06. The fourth-order valence-electron chi connectivity index (χ4n) is 1.65. The molecule has 1 heterocycles. The molecule has 1 N–H and O–H groups in total. The zero-order valence-corrected chi connectivity index (χ0v) is 10.5. The molecule has 0 aliphatic rings. The van der Waals surface area contributed by atoms with Crippen LogP contribution in [0.1, 0.15) is 5.56 Å². The molecule has 0 amide bonds. The SMILES string of the molecule is CS(=O)(=O)CCNCc1coc2ccccc12. The standard InChI is InChI=1S/C12H15NO3S/c1-17(14,15)7-6-13-8-10-9-16-12-5-3-2-4-11(10)12/h2-5,9,13H,6-8H2,1H3. The highest BCUT2D eigenvalue weighted by Gasteiger charge is 2.05. The van der Waals surface area contributed by atoms with Crippen molar-refractivity contribution < 1.29 is 12.8 Å². The first-order chi connectivity index (χ1) is 8.06. The third-order valence-corrected chi connectivity index (χ3v) is 3.47. The molecule has 0 saturated carbocycles. The number of fused-ring (bicyclic) bond motifs is 1. The van der Waals surface area contributed by atoms with E-state index < -0.39 is 9.84 Å². The molecule has 2 aromatic rings. The zero-order chi connectivity index (χ0) is 12.3. The van der Waals surface area contributed by atoms with Gasteiger partial charge in [-0.15, -0.1) is 0 Å². The van der Waals surface area contributed by atoms with Gasteiger partial charge >= 0.3 is 0 Å². The monoisotopic (exact) mass is 253 g/mol. The third-order valence-electron chi connectivity index (χ3n) is 2.53. The first-order valence-electron chi connectivity index (χ1n) is 5.40. The average molecular weight is 253 g/mol. The maximum atomic E-state index is 10.9. The van der Waals surface area contributed by atoms with Gasteiger partial charge in [-0.3, -0.25) is 0 Å². The van der Waals surface area contributed by atoms with Crippen molar-refractivity contribution in [1.82, 2.24) is 5.32 Å². The Bertz CT molecular complexity index is 601. The fourth-order valence-corrected chi connectivity index (χ4v) is 2.17. The molecule has 0 bridgehead atoms. The molecular weight excluding hydrogens is 238 g/mol. The molecule has 0 fully saturated rings. The Hall–Kier alpha value is -1.33. The Labute approximate surface area is 101 Å². The molecule has 1 aromatic carbocycles. The van der Waals surface area contributed by atoms with Gasteiger partial charge in [0, 0.05) is 30.3 Å². The highest BCUT2D eigenvalue weighted by atomic mass is 32.2. The molecule has 4 nitrogen and oxygen atoms in total. The number of para-hydroxylation sites is 1. The lowest BCUT2D eigenvalue weighted by Gasteiger charge is -2.01. The van der Waals surface area contributed by atoms with E-state index in [9.17, 15) is 8.42 Å². The van der Waals surface area contributed by atoms with Crippen LogP contribution in [0.2, 0.25) is 0 Å². The molecule has 0 aliphatic carbocycles. The van der Waals surface area contributed by atoms with Crippen molar-refractivity contribution >= 4 is 20.8 Å². The van der Waals surface area contributed by atoms with Crippen molar-refractivity contribution in [3.05, 3.63) is 36.1 Å². The van der Waals surface area contributed by atoms with E-state index in [0.717, 1.165) is 16.5 Å². The van der Waals surface area contributed by atoms with Crippen molar-refractivity contribution in [3.8, 4) is 0 Å². The van der Waals surface area contributed by atoms with Gasteiger partial charge in [-0.2, -0.15) is 0 Å². The summed E-state index contributed by atoms with van der Waals surface area (Å²) in [5.74, 6) is 0.156. The van der Waals surface area contributed by atoms with Crippen molar-refractivity contribution in [2.24, 2.45) is 0 Å². The van der Waals surface area contributed by atoms with E-state index in [-0.39, 0.29) is 5.75 Å². The quantitative estimate of drug-likeness (QED) is 0.822. The Balaban J connectivity index is 1.96. The molecule has 0 radical (unpaired) electrons. The van der Waals surface area contributed by atoms with Crippen LogP contribution in [0.4, 0.5) is 0 Å². The number of hydrogen-bond acceptors (Lipinski definition) is 4. The Kier molecular flexibility index (Phi) is 3.49. The van der Waals surface area contributed by atoms with Crippen molar-refractivity contribution in [3.63, 3.8) is 0 Å². The highest BCUT2D eigenvalue weighted by molar-refractivity contribution is 7.90. The van der Waals surface area contributed by atoms with Gasteiger partial charge in [-0.05, 0) is 6.07 Å². The van der Waals surface area contributed by atoms with Gasteiger partial charge in [0.1, 0.15) is 15.4 Å². The van der Waals surface area contributed by atoms with Crippen LogP contribution < -0.4 is 5.32 Å². The summed E-state index contributed by atoms with van der Waals surface area (Å²) in [6, 6.07) is 7.78. The first kappa shape index (κ1) is 12.1. The van der Waals surface area contributed by atoms with E-state index in [1.165, 1.54) is 6.26 Å². The first-order valence-corrected chi connectivity index (χ1v) is 7.46. The third kappa shape index (κ3) is 3.31. The molecule has 17 heavy (non-hydrogen) atoms. The van der Waals surface area contributed by atoms with Crippen molar-refractivity contribution in [2.45, 2.75) is 6.54 Å². The van der Waals surface area contributed by atoms with Gasteiger partial charge in [0.2, 0.25) is 0 Å². The van der Waals surface area contributed by atoms with Crippen LogP contribution in [0.15, 0.2) is 34.9 Å². The predicted octanol–water partition coefficient (Wildman–Crippen LogP) is 1.57. The maximum absolute atomic E-state index is 10.9. The van der Waals surface area contributed by atoms with Crippen LogP contribution in [0.3, 0.4) is 0 Å². The average Bonchev–Trinajstić information content (AvgIpc) is 2.67. The largest absolute Gasteiger partial charge is 0.464 e. The molecule has 1 aromatic heterocycles. The molecule has 0 aliphatic heterocycles. The summed E-state index contributed by atoms with van der Waals surface area (Å²) in [5.41, 5.74) is 1.90. The summed E-state index contributed by atoms with van der Waals surface area (Å²) >= 11 is 0. The number of rotatable bonds is 5. The summed E-state index contributed by atoms with van der Waals surface area (Å²) < 4.78 is 27.3. The number of nitrogens with one attached hydrogen (secondary N) is 1. The lowest BCUT2D eigenvalue weighted by Crippen LogP contribution is -2.21. The summed E-state index contributed by atoms with van der Waals surface area (Å²) in [6.45, 7) is 1.07. The summed E-state index contributed by atoms with van der Waals surface area (Å²) in [5, 5.41) is 4.17. The molecule has 0 unspecified atom stereocenters. The number of furan rings is 1. The van der Waals surface area contributed by atoms with Gasteiger partial charge in [-0.1, -0.05) is 18.2 Å². The Morgan fingerprint density at radius 1 is 1.29 bits per heavy atom. The van der Waals surface area contributed by atoms with E-state index in [2.05, 4.69) is 5.32 Å². The molecule has 0 atom stereocenters. The van der Waals surface area contributed by atoms with Crippen LogP contribution in [0.5, 0.6) is 0 Å². The van der Waals surface area contributed by atoms with Gasteiger partial charge in [0.05, 0.1) is 12.0 Å². The normalized spacial score (nSPS) is 12.1. The van der Waals surface area contributed by atoms with Crippen LogP contribution in [-0.2, 0) is 16.4 Å². The lowest BCUT2D eigenvalue weighted by atomic mass is 10.2. The van der Waals surface area contributed by atoms with E-state index in [1.54, 1.807) is 6.26 Å². The van der Waals surface area contributed by atoms with Gasteiger partial charge in [0.25, 0.3) is 0 Å².